The Bertz CT molecular complexity index is 439. The molecule has 2 heterocycles. The summed E-state index contributed by atoms with van der Waals surface area (Å²) in [5, 5.41) is 5.92. The third kappa shape index (κ3) is 9.40. The minimum absolute atomic E-state index is 0. The normalized spacial score (nSPS) is 21.5. The molecule has 0 aromatic rings. The van der Waals surface area contributed by atoms with Crippen LogP contribution < -0.4 is 10.6 Å². The average Bonchev–Trinajstić information content (AvgIpc) is 2.69. The van der Waals surface area contributed by atoms with E-state index in [9.17, 15) is 4.79 Å². The van der Waals surface area contributed by atoms with Crippen molar-refractivity contribution >= 4 is 35.8 Å². The van der Waals surface area contributed by atoms with Crippen molar-refractivity contribution < 1.29 is 19.0 Å². The van der Waals surface area contributed by atoms with Gasteiger partial charge in [0.05, 0.1) is 32.0 Å². The molecule has 9 heteroatoms. The number of halogens is 1. The molecular weight excluding hydrogens is 463 g/mol. The highest BCUT2D eigenvalue weighted by atomic mass is 127. The molecule has 2 aliphatic rings. The predicted molar refractivity (Wildman–Crippen MR) is 116 cm³/mol. The number of methoxy groups -OCH3 is 1. The molecule has 0 aromatic heterocycles. The largest absolute Gasteiger partial charge is 0.383 e. The van der Waals surface area contributed by atoms with Crippen LogP contribution in [0, 0.1) is 0 Å². The van der Waals surface area contributed by atoms with Crippen LogP contribution in [0.15, 0.2) is 4.99 Å². The van der Waals surface area contributed by atoms with E-state index in [1.807, 2.05) is 0 Å². The Hall–Kier alpha value is -0.650. The summed E-state index contributed by atoms with van der Waals surface area (Å²) in [5.41, 5.74) is 0. The summed E-state index contributed by atoms with van der Waals surface area (Å²) in [6.07, 6.45) is 6.02. The van der Waals surface area contributed by atoms with Crippen LogP contribution in [0.1, 0.15) is 32.1 Å². The third-order valence-electron chi connectivity index (χ3n) is 4.78. The first kappa shape index (κ1) is 24.4. The Balaban J connectivity index is 0.00000364. The SMILES string of the molecule is CN=C(NCC(=O)NCCOC)N1CCC(OCC2CCCCO2)CC1.I. The smallest absolute Gasteiger partial charge is 0.239 e. The molecule has 1 atom stereocenters. The topological polar surface area (TPSA) is 84.4 Å². The number of likely N-dealkylation sites (tertiary alicyclic amines) is 1. The fraction of sp³-hybridized carbons (Fsp3) is 0.889. The van der Waals surface area contributed by atoms with Gasteiger partial charge in [-0.05, 0) is 32.1 Å². The fourth-order valence-corrected chi connectivity index (χ4v) is 3.26. The lowest BCUT2D eigenvalue weighted by Crippen LogP contribution is -2.49. The highest BCUT2D eigenvalue weighted by Crippen LogP contribution is 2.17. The number of hydrogen-bond donors (Lipinski definition) is 2. The average molecular weight is 498 g/mol. The van der Waals surface area contributed by atoms with E-state index in [1.54, 1.807) is 14.2 Å². The molecule has 8 nitrogen and oxygen atoms in total. The Labute approximate surface area is 179 Å². The summed E-state index contributed by atoms with van der Waals surface area (Å²) in [6.45, 7) is 4.57. The number of guanidine groups is 1. The molecule has 2 aliphatic heterocycles. The summed E-state index contributed by atoms with van der Waals surface area (Å²) in [7, 11) is 3.36. The molecule has 2 N–H and O–H groups in total. The molecule has 0 spiro atoms. The van der Waals surface area contributed by atoms with E-state index in [1.165, 1.54) is 12.8 Å². The standard InChI is InChI=1S/C18H34N4O4.HI/c1-19-18(21-13-17(23)20-8-12-24-2)22-9-6-15(7-10-22)26-14-16-5-3-4-11-25-16;/h15-16H,3-14H2,1-2H3,(H,19,21)(H,20,23);1H. The van der Waals surface area contributed by atoms with Crippen LogP contribution in [0.3, 0.4) is 0 Å². The molecular formula is C18H35IN4O4. The maximum absolute atomic E-state index is 11.8. The fourth-order valence-electron chi connectivity index (χ4n) is 3.26. The minimum Gasteiger partial charge on any atom is -0.383 e. The number of piperidine rings is 1. The van der Waals surface area contributed by atoms with Crippen LogP contribution in [-0.4, -0.2) is 89.1 Å². The number of nitrogens with zero attached hydrogens (tertiary/aromatic N) is 2. The van der Waals surface area contributed by atoms with Crippen LogP contribution in [-0.2, 0) is 19.0 Å². The number of hydrogen-bond acceptors (Lipinski definition) is 5. The van der Waals surface area contributed by atoms with Crippen molar-refractivity contribution in [1.29, 1.82) is 0 Å². The molecule has 2 saturated heterocycles. The quantitative estimate of drug-likeness (QED) is 0.225. The summed E-state index contributed by atoms with van der Waals surface area (Å²) < 4.78 is 16.7. The first-order chi connectivity index (χ1) is 12.7. The number of rotatable bonds is 8. The molecule has 0 aliphatic carbocycles. The van der Waals surface area contributed by atoms with Gasteiger partial charge in [-0.25, -0.2) is 0 Å². The lowest BCUT2D eigenvalue weighted by molar-refractivity contribution is -0.120. The summed E-state index contributed by atoms with van der Waals surface area (Å²) in [6, 6.07) is 0. The first-order valence-corrected chi connectivity index (χ1v) is 9.67. The molecule has 2 fully saturated rings. The van der Waals surface area contributed by atoms with Crippen LogP contribution in [0.25, 0.3) is 0 Å². The van der Waals surface area contributed by atoms with Gasteiger partial charge in [0.1, 0.15) is 0 Å². The molecule has 27 heavy (non-hydrogen) atoms. The Morgan fingerprint density at radius 3 is 2.63 bits per heavy atom. The van der Waals surface area contributed by atoms with E-state index in [4.69, 9.17) is 14.2 Å². The molecule has 1 amide bonds. The van der Waals surface area contributed by atoms with Crippen molar-refractivity contribution in [2.24, 2.45) is 4.99 Å². The van der Waals surface area contributed by atoms with Crippen LogP contribution >= 0.6 is 24.0 Å². The molecule has 0 bridgehead atoms. The lowest BCUT2D eigenvalue weighted by Gasteiger charge is -2.35. The lowest BCUT2D eigenvalue weighted by atomic mass is 10.1. The Morgan fingerprint density at radius 2 is 2.00 bits per heavy atom. The van der Waals surface area contributed by atoms with Crippen molar-refractivity contribution in [2.45, 2.75) is 44.3 Å². The highest BCUT2D eigenvalue weighted by Gasteiger charge is 2.23. The van der Waals surface area contributed by atoms with Gasteiger partial charge < -0.3 is 29.7 Å². The maximum Gasteiger partial charge on any atom is 0.239 e. The molecule has 1 unspecified atom stereocenters. The third-order valence-corrected chi connectivity index (χ3v) is 4.78. The first-order valence-electron chi connectivity index (χ1n) is 9.67. The number of ether oxygens (including phenoxy) is 3. The molecule has 2 rings (SSSR count). The van der Waals surface area contributed by atoms with Gasteiger partial charge >= 0.3 is 0 Å². The van der Waals surface area contributed by atoms with Crippen molar-refractivity contribution in [2.75, 3.05) is 60.2 Å². The van der Waals surface area contributed by atoms with E-state index in [0.717, 1.165) is 44.9 Å². The monoisotopic (exact) mass is 498 g/mol. The number of aliphatic imine (C=N–C) groups is 1. The summed E-state index contributed by atoms with van der Waals surface area (Å²) in [5.74, 6) is 0.704. The van der Waals surface area contributed by atoms with Crippen LogP contribution in [0.4, 0.5) is 0 Å². The second-order valence-electron chi connectivity index (χ2n) is 6.75. The van der Waals surface area contributed by atoms with E-state index in [0.29, 0.717) is 19.8 Å². The number of carbonyl (C=O) groups excluding carboxylic acids is 1. The van der Waals surface area contributed by atoms with Crippen molar-refractivity contribution in [3.63, 3.8) is 0 Å². The van der Waals surface area contributed by atoms with E-state index in [2.05, 4.69) is 20.5 Å². The predicted octanol–water partition coefficient (Wildman–Crippen LogP) is 0.992. The van der Waals surface area contributed by atoms with Crippen molar-refractivity contribution in [3.05, 3.63) is 0 Å². The van der Waals surface area contributed by atoms with Gasteiger partial charge in [0.2, 0.25) is 5.91 Å². The number of nitrogens with one attached hydrogen (secondary N) is 2. The zero-order chi connectivity index (χ0) is 18.6. The van der Waals surface area contributed by atoms with Crippen molar-refractivity contribution in [3.8, 4) is 0 Å². The molecule has 158 valence electrons. The van der Waals surface area contributed by atoms with Gasteiger partial charge in [-0.1, -0.05) is 0 Å². The van der Waals surface area contributed by atoms with Crippen molar-refractivity contribution in [1.82, 2.24) is 15.5 Å². The molecule has 0 radical (unpaired) electrons. The Morgan fingerprint density at radius 1 is 1.22 bits per heavy atom. The minimum atomic E-state index is -0.0612. The second kappa shape index (κ2) is 14.4. The number of carbonyl (C=O) groups is 1. The van der Waals surface area contributed by atoms with E-state index >= 15 is 0 Å². The van der Waals surface area contributed by atoms with Gasteiger partial charge in [0, 0.05) is 40.4 Å². The molecule has 0 saturated carbocycles. The number of amides is 1. The zero-order valence-electron chi connectivity index (χ0n) is 16.6. The Kier molecular flexibility index (Phi) is 13.0. The summed E-state index contributed by atoms with van der Waals surface area (Å²) in [4.78, 5) is 18.2. The zero-order valence-corrected chi connectivity index (χ0v) is 18.9. The second-order valence-corrected chi connectivity index (χ2v) is 6.75. The van der Waals surface area contributed by atoms with Gasteiger partial charge in [-0.15, -0.1) is 24.0 Å². The van der Waals surface area contributed by atoms with Crippen LogP contribution in [0.5, 0.6) is 0 Å². The van der Waals surface area contributed by atoms with Gasteiger partial charge in [-0.2, -0.15) is 0 Å². The summed E-state index contributed by atoms with van der Waals surface area (Å²) >= 11 is 0. The molecule has 0 aromatic carbocycles. The van der Waals surface area contributed by atoms with Gasteiger partial charge in [0.25, 0.3) is 0 Å². The van der Waals surface area contributed by atoms with Crippen LogP contribution in [0.2, 0.25) is 0 Å². The highest BCUT2D eigenvalue weighted by molar-refractivity contribution is 14.0. The van der Waals surface area contributed by atoms with Gasteiger partial charge in [0.15, 0.2) is 5.96 Å². The van der Waals surface area contributed by atoms with Gasteiger partial charge in [-0.3, -0.25) is 9.79 Å². The van der Waals surface area contributed by atoms with E-state index < -0.39 is 0 Å². The van der Waals surface area contributed by atoms with E-state index in [-0.39, 0.29) is 48.6 Å². The maximum atomic E-state index is 11.8.